The number of aryl methyl sites for hydroxylation is 1. The number of nitrogens with one attached hydrogen (secondary N) is 2. The molecule has 2 bridgehead atoms. The number of unbranched alkanes of at least 4 members (excludes halogenated alkanes) is 2. The van der Waals surface area contributed by atoms with Crippen molar-refractivity contribution in [2.24, 2.45) is 0 Å². The largest absolute Gasteiger partial charge is 0.507 e. The number of carbonyl (C=O) groups excluding carboxylic acids is 2. The quantitative estimate of drug-likeness (QED) is 0.281. The molecule has 45 heavy (non-hydrogen) atoms. The number of hydrogen-bond acceptors (Lipinski definition) is 9. The number of nitrogens with zero attached hydrogens (tertiary/aromatic N) is 2. The summed E-state index contributed by atoms with van der Waals surface area (Å²) in [5.74, 6) is 0.849. The molecule has 1 fully saturated rings. The summed E-state index contributed by atoms with van der Waals surface area (Å²) in [6.45, 7) is 9.54. The Morgan fingerprint density at radius 2 is 1.76 bits per heavy atom. The molecule has 244 valence electrons. The molecule has 4 heterocycles. The van der Waals surface area contributed by atoms with Gasteiger partial charge in [0.05, 0.1) is 18.1 Å². The minimum Gasteiger partial charge on any atom is -0.507 e. The summed E-state index contributed by atoms with van der Waals surface area (Å²) < 4.78 is 11.8. The fourth-order valence-electron chi connectivity index (χ4n) is 7.98. The zero-order valence-corrected chi connectivity index (χ0v) is 27.1. The Kier molecular flexibility index (Phi) is 8.38. The molecule has 6 atom stereocenters. The van der Waals surface area contributed by atoms with Crippen LogP contribution in [-0.4, -0.2) is 81.7 Å². The van der Waals surface area contributed by atoms with E-state index in [2.05, 4.69) is 28.5 Å². The highest BCUT2D eigenvalue weighted by atomic mass is 16.7. The van der Waals surface area contributed by atoms with Crippen molar-refractivity contribution >= 4 is 11.8 Å². The van der Waals surface area contributed by atoms with Gasteiger partial charge in [0.15, 0.2) is 11.5 Å². The van der Waals surface area contributed by atoms with Crippen molar-refractivity contribution in [2.45, 2.75) is 110 Å². The van der Waals surface area contributed by atoms with E-state index in [9.17, 15) is 24.9 Å². The van der Waals surface area contributed by atoms with Gasteiger partial charge in [-0.1, -0.05) is 25.8 Å². The van der Waals surface area contributed by atoms with Gasteiger partial charge in [0.2, 0.25) is 18.6 Å². The van der Waals surface area contributed by atoms with Crippen molar-refractivity contribution in [1.82, 2.24) is 20.4 Å². The van der Waals surface area contributed by atoms with Crippen LogP contribution in [-0.2, 0) is 22.4 Å². The number of likely N-dealkylation sites (N-methyl/N-ethyl adjacent to an activating group) is 1. The van der Waals surface area contributed by atoms with Crippen molar-refractivity contribution in [3.05, 3.63) is 45.0 Å². The first-order valence-electron chi connectivity index (χ1n) is 16.2. The number of benzene rings is 2. The monoisotopic (exact) mass is 622 g/mol. The van der Waals surface area contributed by atoms with Crippen LogP contribution in [0.25, 0.3) is 0 Å². The molecule has 4 aliphatic heterocycles. The maximum Gasteiger partial charge on any atom is 0.242 e. The van der Waals surface area contributed by atoms with E-state index >= 15 is 0 Å². The number of aromatic hydroxyl groups is 2. The molecular weight excluding hydrogens is 576 g/mol. The Morgan fingerprint density at radius 1 is 1.02 bits per heavy atom. The molecule has 6 rings (SSSR count). The minimum atomic E-state index is -0.916. The van der Waals surface area contributed by atoms with Gasteiger partial charge < -0.3 is 35.4 Å². The SMILES string of the molecule is CCCCCC(=O)N[C@@H](C)C(=O)NC[C@H]1c2c(c(O)c(C)c3c2OCO3)CC2[C@H]3c4c(cc(C)c(C)c4O)C[C@@H]([C@H](O)N21)N3C. The summed E-state index contributed by atoms with van der Waals surface area (Å²) in [5, 5.41) is 40.9. The van der Waals surface area contributed by atoms with Crippen LogP contribution in [0.1, 0.15) is 90.6 Å². The Labute approximate surface area is 264 Å². The molecule has 0 aliphatic carbocycles. The Balaban J connectivity index is 1.39. The van der Waals surface area contributed by atoms with Crippen molar-refractivity contribution in [3.8, 4) is 23.0 Å². The Bertz CT molecular complexity index is 1530. The predicted molar refractivity (Wildman–Crippen MR) is 167 cm³/mol. The highest BCUT2D eigenvalue weighted by Gasteiger charge is 2.56. The second-order valence-corrected chi connectivity index (χ2v) is 13.2. The van der Waals surface area contributed by atoms with Crippen LogP contribution in [0.2, 0.25) is 0 Å². The number of aliphatic hydroxyl groups excluding tert-OH is 1. The van der Waals surface area contributed by atoms with E-state index in [-0.39, 0.29) is 54.8 Å². The topological polar surface area (TPSA) is 144 Å². The summed E-state index contributed by atoms with van der Waals surface area (Å²) in [5.41, 5.74) is 5.65. The van der Waals surface area contributed by atoms with Crippen LogP contribution in [0, 0.1) is 20.8 Å². The first-order valence-corrected chi connectivity index (χ1v) is 16.2. The van der Waals surface area contributed by atoms with Gasteiger partial charge in [-0.3, -0.25) is 19.4 Å². The molecule has 0 saturated carbocycles. The first-order chi connectivity index (χ1) is 21.5. The van der Waals surface area contributed by atoms with Gasteiger partial charge in [-0.25, -0.2) is 0 Å². The highest BCUT2D eigenvalue weighted by Crippen LogP contribution is 2.57. The average molecular weight is 623 g/mol. The van der Waals surface area contributed by atoms with E-state index < -0.39 is 18.3 Å². The van der Waals surface area contributed by atoms with Crippen LogP contribution in [0.4, 0.5) is 0 Å². The van der Waals surface area contributed by atoms with Gasteiger partial charge >= 0.3 is 0 Å². The third kappa shape index (κ3) is 5.09. The van der Waals surface area contributed by atoms with E-state index in [1.165, 1.54) is 0 Å². The van der Waals surface area contributed by atoms with E-state index in [4.69, 9.17) is 9.47 Å². The molecule has 11 nitrogen and oxygen atoms in total. The molecule has 11 heteroatoms. The normalized spacial score (nSPS) is 25.6. The second-order valence-electron chi connectivity index (χ2n) is 13.2. The molecule has 2 aromatic carbocycles. The number of phenolic OH excluding ortho intramolecular Hbond substituents is 2. The lowest BCUT2D eigenvalue weighted by Gasteiger charge is -2.60. The summed E-state index contributed by atoms with van der Waals surface area (Å²) >= 11 is 0. The third-order valence-electron chi connectivity index (χ3n) is 10.5. The molecule has 5 N–H and O–H groups in total. The van der Waals surface area contributed by atoms with Crippen molar-refractivity contribution in [1.29, 1.82) is 0 Å². The molecule has 1 unspecified atom stereocenters. The molecule has 2 amide bonds. The molecule has 0 radical (unpaired) electrons. The zero-order chi connectivity index (χ0) is 32.3. The number of fused-ring (bicyclic) bond motifs is 9. The lowest BCUT2D eigenvalue weighted by molar-refractivity contribution is -0.172. The third-order valence-corrected chi connectivity index (χ3v) is 10.5. The minimum absolute atomic E-state index is 0.00604. The first kappa shape index (κ1) is 31.4. The standard InChI is InChI=1S/C34H46N4O7/c1-7-8-9-10-25(39)36-19(5)33(42)35-14-24-27-21(29(40)18(4)31-32(27)45-15-44-31)13-22-28-26-20(11-16(2)17(3)30(26)41)12-23(37(28)6)34(43)38(22)24/h11,19,22-24,28,34,40-41,43H,7-10,12-15H2,1-6H3,(H,35,42)(H,36,39)/t19-,22?,23-,24-,28-,34-/m0/s1. The number of ether oxygens (including phenoxy) is 2. The molecule has 2 aromatic rings. The van der Waals surface area contributed by atoms with Gasteiger partial charge in [0.25, 0.3) is 0 Å². The van der Waals surface area contributed by atoms with E-state index in [1.807, 2.05) is 25.8 Å². The van der Waals surface area contributed by atoms with E-state index in [1.54, 1.807) is 13.8 Å². The highest BCUT2D eigenvalue weighted by molar-refractivity contribution is 5.87. The molecule has 4 aliphatic rings. The van der Waals surface area contributed by atoms with Crippen molar-refractivity contribution in [3.63, 3.8) is 0 Å². The van der Waals surface area contributed by atoms with Gasteiger partial charge in [0, 0.05) is 41.3 Å². The molecular formula is C34H46N4O7. The molecule has 0 spiro atoms. The number of amides is 2. The fraction of sp³-hybridized carbons (Fsp3) is 0.588. The number of phenols is 2. The lowest BCUT2D eigenvalue weighted by atomic mass is 9.73. The zero-order valence-electron chi connectivity index (χ0n) is 27.1. The van der Waals surface area contributed by atoms with Crippen molar-refractivity contribution in [2.75, 3.05) is 20.4 Å². The number of carbonyl (C=O) groups is 2. The number of hydrogen-bond donors (Lipinski definition) is 5. The molecule has 0 aromatic heterocycles. The average Bonchev–Trinajstić information content (AvgIpc) is 3.50. The number of piperazine rings is 1. The van der Waals surface area contributed by atoms with Gasteiger partial charge in [-0.05, 0) is 70.7 Å². The fourth-order valence-corrected chi connectivity index (χ4v) is 7.98. The smallest absolute Gasteiger partial charge is 0.242 e. The van der Waals surface area contributed by atoms with Gasteiger partial charge in [-0.15, -0.1) is 0 Å². The number of rotatable bonds is 8. The summed E-state index contributed by atoms with van der Waals surface area (Å²) in [6.07, 6.45) is 3.12. The van der Waals surface area contributed by atoms with E-state index in [0.717, 1.165) is 41.5 Å². The predicted octanol–water partition coefficient (Wildman–Crippen LogP) is 3.15. The van der Waals surface area contributed by atoms with Crippen LogP contribution >= 0.6 is 0 Å². The maximum atomic E-state index is 13.3. The van der Waals surface area contributed by atoms with Crippen LogP contribution < -0.4 is 20.1 Å². The maximum absolute atomic E-state index is 13.3. The summed E-state index contributed by atoms with van der Waals surface area (Å²) in [4.78, 5) is 29.9. The van der Waals surface area contributed by atoms with Crippen LogP contribution in [0.5, 0.6) is 23.0 Å². The van der Waals surface area contributed by atoms with Crippen molar-refractivity contribution < 1.29 is 34.4 Å². The summed E-state index contributed by atoms with van der Waals surface area (Å²) in [6, 6.07) is -0.109. The second kappa shape index (κ2) is 12.0. The van der Waals surface area contributed by atoms with Gasteiger partial charge in [-0.2, -0.15) is 0 Å². The van der Waals surface area contributed by atoms with Gasteiger partial charge in [0.1, 0.15) is 23.8 Å². The van der Waals surface area contributed by atoms with Crippen LogP contribution in [0.15, 0.2) is 6.07 Å². The van der Waals surface area contributed by atoms with Crippen LogP contribution in [0.3, 0.4) is 0 Å². The Hall–Kier alpha value is -3.54. The Morgan fingerprint density at radius 3 is 2.49 bits per heavy atom. The number of aliphatic hydroxyl groups is 1. The molecule has 1 saturated heterocycles. The summed E-state index contributed by atoms with van der Waals surface area (Å²) in [7, 11) is 1.98. The lowest BCUT2D eigenvalue weighted by Crippen LogP contribution is -2.69. The van der Waals surface area contributed by atoms with E-state index in [0.29, 0.717) is 47.5 Å².